The van der Waals surface area contributed by atoms with E-state index in [0.717, 1.165) is 23.6 Å². The van der Waals surface area contributed by atoms with Crippen molar-refractivity contribution < 1.29 is 19.1 Å². The second-order valence-corrected chi connectivity index (χ2v) is 10.8. The van der Waals surface area contributed by atoms with Gasteiger partial charge in [0.25, 0.3) is 11.8 Å². The van der Waals surface area contributed by atoms with Crippen molar-refractivity contribution in [2.45, 2.75) is 39.2 Å². The van der Waals surface area contributed by atoms with E-state index < -0.39 is 11.5 Å². The molecule has 202 valence electrons. The Hall–Kier alpha value is -4.47. The molecule has 2 aromatic carbocycles. The number of carbonyl (C=O) groups is 3. The first-order valence-corrected chi connectivity index (χ1v) is 13.1. The summed E-state index contributed by atoms with van der Waals surface area (Å²) in [5, 5.41) is 7.62. The monoisotopic (exact) mass is 528 g/mol. The van der Waals surface area contributed by atoms with Crippen LogP contribution in [0.1, 0.15) is 54.5 Å². The zero-order chi connectivity index (χ0) is 27.6. The number of amides is 3. The van der Waals surface area contributed by atoms with Crippen molar-refractivity contribution in [1.82, 2.24) is 25.2 Å². The summed E-state index contributed by atoms with van der Waals surface area (Å²) in [6.07, 6.45) is 2.93. The summed E-state index contributed by atoms with van der Waals surface area (Å²) < 4.78 is 5.46. The molecule has 5 rings (SSSR count). The Morgan fingerprint density at radius 2 is 1.77 bits per heavy atom. The minimum absolute atomic E-state index is 0.236. The number of imidazole rings is 1. The first kappa shape index (κ1) is 26.1. The Kier molecular flexibility index (Phi) is 7.19. The third-order valence-corrected chi connectivity index (χ3v) is 6.67. The summed E-state index contributed by atoms with van der Waals surface area (Å²) in [4.78, 5) is 51.7. The van der Waals surface area contributed by atoms with Crippen molar-refractivity contribution in [3.63, 3.8) is 0 Å². The minimum atomic E-state index is -0.523. The molecule has 39 heavy (non-hydrogen) atoms. The fraction of sp³-hybridized carbons (Fsp3) is 0.345. The van der Waals surface area contributed by atoms with Gasteiger partial charge in [0.1, 0.15) is 16.8 Å². The number of anilines is 1. The van der Waals surface area contributed by atoms with Crippen LogP contribution in [0.4, 0.5) is 10.7 Å². The number of aromatic nitrogens is 3. The Morgan fingerprint density at radius 1 is 1.03 bits per heavy atom. The van der Waals surface area contributed by atoms with Crippen LogP contribution in [0.3, 0.4) is 0 Å². The fourth-order valence-corrected chi connectivity index (χ4v) is 4.63. The smallest absolute Gasteiger partial charge is 0.410 e. The number of hydrogen-bond acceptors (Lipinski definition) is 6. The van der Waals surface area contributed by atoms with Gasteiger partial charge < -0.3 is 19.9 Å². The number of pyridine rings is 1. The Bertz CT molecular complexity index is 1530. The largest absolute Gasteiger partial charge is 0.444 e. The summed E-state index contributed by atoms with van der Waals surface area (Å²) in [6, 6.07) is 14.7. The highest BCUT2D eigenvalue weighted by molar-refractivity contribution is 6.07. The zero-order valence-corrected chi connectivity index (χ0v) is 22.3. The lowest BCUT2D eigenvalue weighted by atomic mass is 9.97. The van der Waals surface area contributed by atoms with E-state index in [1.807, 2.05) is 45.0 Å². The van der Waals surface area contributed by atoms with E-state index in [2.05, 4.69) is 25.6 Å². The highest BCUT2D eigenvalue weighted by Crippen LogP contribution is 2.22. The summed E-state index contributed by atoms with van der Waals surface area (Å²) in [7, 11) is 0. The van der Waals surface area contributed by atoms with Crippen LogP contribution in [0.15, 0.2) is 54.7 Å². The molecule has 0 atom stereocenters. The summed E-state index contributed by atoms with van der Waals surface area (Å²) in [5.74, 6) is -0.144. The van der Waals surface area contributed by atoms with Crippen molar-refractivity contribution in [3.05, 3.63) is 66.0 Å². The standard InChI is InChI=1S/C29H32N6O4/c1-29(2,3)39-28(38)35-13-11-18(12-14-35)16-31-25(36)21-9-6-10-22-24(21)33-27(32-22)34-26(37)23-15-19-7-4-5-8-20(19)17-30-23/h4-10,15,17-18H,11-14,16H2,1-3H3,(H,31,36)(H2,32,33,34,37). The predicted octanol–water partition coefficient (Wildman–Crippen LogP) is 4.74. The van der Waals surface area contributed by atoms with Gasteiger partial charge in [0.15, 0.2) is 0 Å². The van der Waals surface area contributed by atoms with Crippen LogP contribution in [0.2, 0.25) is 0 Å². The highest BCUT2D eigenvalue weighted by atomic mass is 16.6. The summed E-state index contributed by atoms with van der Waals surface area (Å²) >= 11 is 0. The van der Waals surface area contributed by atoms with Crippen LogP contribution in [-0.4, -0.2) is 63.0 Å². The Balaban J connectivity index is 1.20. The number of aromatic amines is 1. The van der Waals surface area contributed by atoms with Gasteiger partial charge >= 0.3 is 6.09 Å². The third-order valence-electron chi connectivity index (χ3n) is 6.67. The van der Waals surface area contributed by atoms with Crippen LogP contribution < -0.4 is 10.6 Å². The van der Waals surface area contributed by atoms with Gasteiger partial charge in [-0.3, -0.25) is 19.9 Å². The first-order valence-electron chi connectivity index (χ1n) is 13.1. The van der Waals surface area contributed by atoms with Crippen LogP contribution in [0, 0.1) is 5.92 Å². The maximum absolute atomic E-state index is 13.1. The average molecular weight is 529 g/mol. The molecule has 1 fully saturated rings. The molecule has 0 radical (unpaired) electrons. The number of likely N-dealkylation sites (tertiary alicyclic amines) is 1. The number of ether oxygens (including phenoxy) is 1. The highest BCUT2D eigenvalue weighted by Gasteiger charge is 2.27. The quantitative estimate of drug-likeness (QED) is 0.343. The van der Waals surface area contributed by atoms with Crippen molar-refractivity contribution in [2.75, 3.05) is 25.0 Å². The van der Waals surface area contributed by atoms with Gasteiger partial charge in [0.05, 0.1) is 11.1 Å². The normalized spacial score (nSPS) is 14.4. The summed E-state index contributed by atoms with van der Waals surface area (Å²) in [6.45, 7) is 7.25. The van der Waals surface area contributed by atoms with Crippen LogP contribution in [-0.2, 0) is 4.74 Å². The third kappa shape index (κ3) is 6.17. The van der Waals surface area contributed by atoms with E-state index >= 15 is 0 Å². The van der Waals surface area contributed by atoms with Gasteiger partial charge in [-0.05, 0) is 63.1 Å². The topological polar surface area (TPSA) is 129 Å². The van der Waals surface area contributed by atoms with Gasteiger partial charge in [0, 0.05) is 31.2 Å². The van der Waals surface area contributed by atoms with E-state index in [1.54, 1.807) is 35.4 Å². The van der Waals surface area contributed by atoms with Gasteiger partial charge in [-0.2, -0.15) is 0 Å². The number of nitrogens with one attached hydrogen (secondary N) is 3. The predicted molar refractivity (Wildman–Crippen MR) is 149 cm³/mol. The fourth-order valence-electron chi connectivity index (χ4n) is 4.63. The van der Waals surface area contributed by atoms with Gasteiger partial charge in [-0.15, -0.1) is 0 Å². The molecule has 3 N–H and O–H groups in total. The second-order valence-electron chi connectivity index (χ2n) is 10.8. The molecule has 0 bridgehead atoms. The summed E-state index contributed by atoms with van der Waals surface area (Å²) in [5.41, 5.74) is 1.27. The number of nitrogens with zero attached hydrogens (tertiary/aromatic N) is 3. The molecule has 0 spiro atoms. The number of piperidine rings is 1. The van der Waals surface area contributed by atoms with E-state index in [1.165, 1.54) is 0 Å². The molecule has 0 saturated carbocycles. The lowest BCUT2D eigenvalue weighted by molar-refractivity contribution is 0.0183. The van der Waals surface area contributed by atoms with E-state index in [0.29, 0.717) is 36.2 Å². The number of H-pyrrole nitrogens is 1. The number of para-hydroxylation sites is 1. The Labute approximate surface area is 226 Å². The second kappa shape index (κ2) is 10.7. The molecule has 10 nitrogen and oxygen atoms in total. The maximum Gasteiger partial charge on any atom is 0.410 e. The van der Waals surface area contributed by atoms with Crippen LogP contribution >= 0.6 is 0 Å². The van der Waals surface area contributed by atoms with Crippen LogP contribution in [0.25, 0.3) is 21.8 Å². The number of fused-ring (bicyclic) bond motifs is 2. The van der Waals surface area contributed by atoms with Gasteiger partial charge in [-0.1, -0.05) is 30.3 Å². The van der Waals surface area contributed by atoms with E-state index in [9.17, 15) is 14.4 Å². The lowest BCUT2D eigenvalue weighted by Gasteiger charge is -2.33. The van der Waals surface area contributed by atoms with E-state index in [4.69, 9.17) is 4.74 Å². The van der Waals surface area contributed by atoms with Gasteiger partial charge in [-0.25, -0.2) is 9.78 Å². The number of hydrogen-bond donors (Lipinski definition) is 3. The first-order chi connectivity index (χ1) is 18.7. The van der Waals surface area contributed by atoms with Gasteiger partial charge in [0.2, 0.25) is 5.95 Å². The van der Waals surface area contributed by atoms with Crippen molar-refractivity contribution in [1.29, 1.82) is 0 Å². The van der Waals surface area contributed by atoms with E-state index in [-0.39, 0.29) is 29.6 Å². The minimum Gasteiger partial charge on any atom is -0.444 e. The SMILES string of the molecule is CC(C)(C)OC(=O)N1CCC(CNC(=O)c2cccc3[nH]c(NC(=O)c4cc5ccccc5cn4)nc23)CC1. The Morgan fingerprint density at radius 3 is 2.51 bits per heavy atom. The molecule has 3 heterocycles. The number of rotatable bonds is 5. The molecule has 0 aliphatic carbocycles. The van der Waals surface area contributed by atoms with Crippen LogP contribution in [0.5, 0.6) is 0 Å². The molecule has 3 amide bonds. The maximum atomic E-state index is 13.1. The van der Waals surface area contributed by atoms with Crippen molar-refractivity contribution >= 4 is 45.7 Å². The average Bonchev–Trinajstić information content (AvgIpc) is 3.33. The molecule has 1 saturated heterocycles. The molecular formula is C29H32N6O4. The van der Waals surface area contributed by atoms with Crippen molar-refractivity contribution in [2.24, 2.45) is 5.92 Å². The lowest BCUT2D eigenvalue weighted by Crippen LogP contribution is -2.43. The molecular weight excluding hydrogens is 496 g/mol. The zero-order valence-electron chi connectivity index (χ0n) is 22.3. The number of benzene rings is 2. The molecule has 1 aliphatic rings. The molecule has 1 aliphatic heterocycles. The molecule has 2 aromatic heterocycles. The molecule has 10 heteroatoms. The molecule has 0 unspecified atom stereocenters. The number of carbonyl (C=O) groups excluding carboxylic acids is 3. The molecule has 4 aromatic rings. The van der Waals surface area contributed by atoms with Crippen molar-refractivity contribution in [3.8, 4) is 0 Å².